The van der Waals surface area contributed by atoms with Crippen molar-refractivity contribution in [3.05, 3.63) is 24.2 Å². The van der Waals surface area contributed by atoms with Crippen LogP contribution in [0.25, 0.3) is 0 Å². The van der Waals surface area contributed by atoms with E-state index in [-0.39, 0.29) is 12.0 Å². The zero-order valence-corrected chi connectivity index (χ0v) is 11.8. The first-order valence-corrected chi connectivity index (χ1v) is 7.30. The Balaban J connectivity index is 1.47. The normalized spacial score (nSPS) is 33.5. The number of nitrogens with one attached hydrogen (secondary N) is 1. The van der Waals surface area contributed by atoms with Gasteiger partial charge in [0, 0.05) is 19.4 Å². The first-order valence-electron chi connectivity index (χ1n) is 7.30. The van der Waals surface area contributed by atoms with E-state index < -0.39 is 5.79 Å². The second-order valence-corrected chi connectivity index (χ2v) is 5.83. The van der Waals surface area contributed by atoms with Crippen molar-refractivity contribution in [1.29, 1.82) is 0 Å². The van der Waals surface area contributed by atoms with E-state index in [9.17, 15) is 4.79 Å². The summed E-state index contributed by atoms with van der Waals surface area (Å²) in [5.74, 6) is 0.472. The molecule has 1 saturated carbocycles. The van der Waals surface area contributed by atoms with Crippen molar-refractivity contribution in [2.45, 2.75) is 44.5 Å². The Labute approximate surface area is 118 Å². The molecule has 3 rings (SSSR count). The number of rotatable bonds is 3. The molecule has 20 heavy (non-hydrogen) atoms. The number of amides is 1. The summed E-state index contributed by atoms with van der Waals surface area (Å²) >= 11 is 0. The number of hydrogen-bond acceptors (Lipinski definition) is 4. The fraction of sp³-hybridized carbons (Fsp3) is 0.667. The summed E-state index contributed by atoms with van der Waals surface area (Å²) in [4.78, 5) is 11.8. The lowest BCUT2D eigenvalue weighted by Gasteiger charge is -2.34. The average Bonchev–Trinajstić information content (AvgIpc) is 3.10. The zero-order chi connectivity index (χ0) is 14.0. The van der Waals surface area contributed by atoms with Crippen LogP contribution in [0, 0.1) is 5.92 Å². The fourth-order valence-corrected chi connectivity index (χ4v) is 2.88. The number of hydrogen-bond donors (Lipinski definition) is 1. The van der Waals surface area contributed by atoms with Crippen molar-refractivity contribution in [1.82, 2.24) is 5.32 Å². The van der Waals surface area contributed by atoms with E-state index in [4.69, 9.17) is 13.9 Å². The summed E-state index contributed by atoms with van der Waals surface area (Å²) in [7, 11) is 0. The Morgan fingerprint density at radius 3 is 2.95 bits per heavy atom. The molecule has 1 amide bonds. The Morgan fingerprint density at radius 1 is 1.45 bits per heavy atom. The van der Waals surface area contributed by atoms with Crippen LogP contribution in [0.1, 0.15) is 43.2 Å². The molecule has 1 aliphatic heterocycles. The van der Waals surface area contributed by atoms with Crippen LogP contribution in [0.15, 0.2) is 22.8 Å². The van der Waals surface area contributed by atoms with E-state index in [1.807, 2.05) is 0 Å². The lowest BCUT2D eigenvalue weighted by molar-refractivity contribution is -0.191. The average molecular weight is 279 g/mol. The molecule has 1 spiro atoms. The maximum atomic E-state index is 11.8. The van der Waals surface area contributed by atoms with E-state index >= 15 is 0 Å². The van der Waals surface area contributed by atoms with Gasteiger partial charge < -0.3 is 19.2 Å². The van der Waals surface area contributed by atoms with E-state index in [1.54, 1.807) is 12.1 Å². The van der Waals surface area contributed by atoms with Crippen molar-refractivity contribution < 1.29 is 18.7 Å². The van der Waals surface area contributed by atoms with Crippen LogP contribution in [-0.2, 0) is 9.47 Å². The predicted molar refractivity (Wildman–Crippen MR) is 72.2 cm³/mol. The molecule has 1 saturated heterocycles. The van der Waals surface area contributed by atoms with Crippen molar-refractivity contribution in [3.63, 3.8) is 0 Å². The van der Waals surface area contributed by atoms with Gasteiger partial charge in [0.25, 0.3) is 5.91 Å². The van der Waals surface area contributed by atoms with E-state index in [0.29, 0.717) is 18.9 Å². The minimum absolute atomic E-state index is 0.0673. The Morgan fingerprint density at radius 2 is 2.25 bits per heavy atom. The van der Waals surface area contributed by atoms with Gasteiger partial charge in [-0.2, -0.15) is 0 Å². The van der Waals surface area contributed by atoms with Crippen LogP contribution >= 0.6 is 0 Å². The third kappa shape index (κ3) is 2.88. The van der Waals surface area contributed by atoms with Crippen LogP contribution in [0.5, 0.6) is 0 Å². The summed E-state index contributed by atoms with van der Waals surface area (Å²) in [6.07, 6.45) is 5.62. The van der Waals surface area contributed by atoms with E-state index in [1.165, 1.54) is 6.26 Å². The van der Waals surface area contributed by atoms with Gasteiger partial charge in [0.15, 0.2) is 11.5 Å². The van der Waals surface area contributed by atoms with Gasteiger partial charge in [0.1, 0.15) is 6.10 Å². The molecule has 2 fully saturated rings. The maximum absolute atomic E-state index is 11.8. The molecule has 1 atom stereocenters. The molecule has 0 unspecified atom stereocenters. The molecule has 110 valence electrons. The van der Waals surface area contributed by atoms with Gasteiger partial charge in [0.05, 0.1) is 12.9 Å². The summed E-state index contributed by atoms with van der Waals surface area (Å²) in [5, 5.41) is 2.82. The Hall–Kier alpha value is -1.33. The topological polar surface area (TPSA) is 60.7 Å². The van der Waals surface area contributed by atoms with Crippen LogP contribution in [0.2, 0.25) is 0 Å². The quantitative estimate of drug-likeness (QED) is 0.922. The number of carbonyl (C=O) groups is 1. The molecular weight excluding hydrogens is 258 g/mol. The van der Waals surface area contributed by atoms with Crippen LogP contribution in [0.3, 0.4) is 0 Å². The summed E-state index contributed by atoms with van der Waals surface area (Å²) in [6, 6.07) is 3.34. The maximum Gasteiger partial charge on any atom is 0.287 e. The molecule has 1 N–H and O–H groups in total. The van der Waals surface area contributed by atoms with Crippen LogP contribution in [-0.4, -0.2) is 30.9 Å². The Bertz CT molecular complexity index is 448. The number of ether oxygens (including phenoxy) is 2. The Kier molecular flexibility index (Phi) is 3.81. The molecule has 5 heteroatoms. The molecule has 1 aromatic rings. The monoisotopic (exact) mass is 279 g/mol. The molecule has 1 aliphatic carbocycles. The van der Waals surface area contributed by atoms with Gasteiger partial charge in [0.2, 0.25) is 0 Å². The number of furan rings is 1. The smallest absolute Gasteiger partial charge is 0.287 e. The summed E-state index contributed by atoms with van der Waals surface area (Å²) < 4.78 is 17.0. The van der Waals surface area contributed by atoms with Gasteiger partial charge in [-0.25, -0.2) is 0 Å². The van der Waals surface area contributed by atoms with Crippen molar-refractivity contribution in [3.8, 4) is 0 Å². The van der Waals surface area contributed by atoms with E-state index in [0.717, 1.165) is 31.6 Å². The zero-order valence-electron chi connectivity index (χ0n) is 11.8. The van der Waals surface area contributed by atoms with Gasteiger partial charge in [-0.1, -0.05) is 6.92 Å². The molecule has 1 aromatic heterocycles. The van der Waals surface area contributed by atoms with Crippen molar-refractivity contribution in [2.24, 2.45) is 5.92 Å². The lowest BCUT2D eigenvalue weighted by atomic mass is 9.86. The van der Waals surface area contributed by atoms with Crippen molar-refractivity contribution >= 4 is 5.91 Å². The minimum Gasteiger partial charge on any atom is -0.459 e. The summed E-state index contributed by atoms with van der Waals surface area (Å²) in [5.41, 5.74) is 0. The highest BCUT2D eigenvalue weighted by molar-refractivity contribution is 5.91. The second kappa shape index (κ2) is 5.58. The highest BCUT2D eigenvalue weighted by atomic mass is 16.7. The predicted octanol–water partition coefficient (Wildman–Crippen LogP) is 2.33. The minimum atomic E-state index is -0.396. The summed E-state index contributed by atoms with van der Waals surface area (Å²) in [6.45, 7) is 3.27. The standard InChI is InChI=1S/C15H21NO4/c1-11-4-6-15(7-5-11)19-10-12(20-15)9-16-14(17)13-3-2-8-18-13/h2-3,8,11-12H,4-7,9-10H2,1H3,(H,16,17)/t11?,12-,15?/m1/s1. The fourth-order valence-electron chi connectivity index (χ4n) is 2.88. The second-order valence-electron chi connectivity index (χ2n) is 5.83. The van der Waals surface area contributed by atoms with Gasteiger partial charge >= 0.3 is 0 Å². The highest BCUT2D eigenvalue weighted by Crippen LogP contribution is 2.39. The van der Waals surface area contributed by atoms with Crippen LogP contribution in [0.4, 0.5) is 0 Å². The highest BCUT2D eigenvalue weighted by Gasteiger charge is 2.43. The number of carbonyl (C=O) groups excluding carboxylic acids is 1. The third-order valence-electron chi connectivity index (χ3n) is 4.19. The molecule has 0 radical (unpaired) electrons. The first-order chi connectivity index (χ1) is 9.67. The van der Waals surface area contributed by atoms with Gasteiger partial charge in [-0.05, 0) is 30.9 Å². The van der Waals surface area contributed by atoms with Gasteiger partial charge in [-0.3, -0.25) is 4.79 Å². The van der Waals surface area contributed by atoms with E-state index in [2.05, 4.69) is 12.2 Å². The molecule has 5 nitrogen and oxygen atoms in total. The third-order valence-corrected chi connectivity index (χ3v) is 4.19. The lowest BCUT2D eigenvalue weighted by Crippen LogP contribution is -2.38. The SMILES string of the molecule is CC1CCC2(CC1)OC[C@@H](CNC(=O)c1ccco1)O2. The van der Waals surface area contributed by atoms with Crippen LogP contribution < -0.4 is 5.32 Å². The molecule has 2 aliphatic rings. The molecule has 0 bridgehead atoms. The first kappa shape index (κ1) is 13.6. The largest absolute Gasteiger partial charge is 0.459 e. The van der Waals surface area contributed by atoms with Crippen molar-refractivity contribution in [2.75, 3.05) is 13.2 Å². The molecule has 2 heterocycles. The van der Waals surface area contributed by atoms with Gasteiger partial charge in [-0.15, -0.1) is 0 Å². The molecule has 0 aromatic carbocycles. The molecular formula is C15H21NO4.